The number of Topliss-reactive ketones (excluding diaryl/α,β-unsaturated/α-hetero) is 1. The van der Waals surface area contributed by atoms with Crippen LogP contribution in [0.3, 0.4) is 0 Å². The van der Waals surface area contributed by atoms with Crippen molar-refractivity contribution in [3.05, 3.63) is 0 Å². The Morgan fingerprint density at radius 1 is 1.44 bits per heavy atom. The van der Waals surface area contributed by atoms with Crippen molar-refractivity contribution in [2.24, 2.45) is 0 Å². The fourth-order valence-electron chi connectivity index (χ4n) is 2.06. The summed E-state index contributed by atoms with van der Waals surface area (Å²) in [4.78, 5) is 34.9. The Kier molecular flexibility index (Phi) is 5.27. The Labute approximate surface area is 106 Å². The summed E-state index contributed by atoms with van der Waals surface area (Å²) in [7, 11) is 0. The normalized spacial score (nSPS) is 21.1. The minimum absolute atomic E-state index is 0.135. The summed E-state index contributed by atoms with van der Waals surface area (Å²) in [6.07, 6.45) is 1.08. The van der Waals surface area contributed by atoms with Gasteiger partial charge in [-0.2, -0.15) is 0 Å². The van der Waals surface area contributed by atoms with Gasteiger partial charge in [0.2, 0.25) is 5.91 Å². The molecule has 1 heterocycles. The first-order valence-electron chi connectivity index (χ1n) is 6.16. The molecule has 1 aliphatic rings. The molecule has 102 valence electrons. The fourth-order valence-corrected chi connectivity index (χ4v) is 2.06. The molecule has 6 nitrogen and oxygen atoms in total. The molecule has 0 bridgehead atoms. The molecule has 0 aromatic rings. The van der Waals surface area contributed by atoms with Gasteiger partial charge in [0.1, 0.15) is 12.1 Å². The molecular formula is C12H19NO5. The Hall–Kier alpha value is -1.43. The number of carboxylic acid groups (broad SMARTS) is 1. The Morgan fingerprint density at radius 2 is 2.11 bits per heavy atom. The Balaban J connectivity index is 2.31. The molecule has 0 saturated carbocycles. The molecule has 1 saturated heterocycles. The lowest BCUT2D eigenvalue weighted by atomic mass is 10.1. The topological polar surface area (TPSA) is 94.9 Å². The first kappa shape index (κ1) is 14.6. The average molecular weight is 257 g/mol. The van der Waals surface area contributed by atoms with E-state index in [1.54, 1.807) is 0 Å². The summed E-state index contributed by atoms with van der Waals surface area (Å²) in [6, 6.07) is -0.718. The van der Waals surface area contributed by atoms with Crippen molar-refractivity contribution in [2.45, 2.75) is 51.2 Å². The third-order valence-corrected chi connectivity index (χ3v) is 3.15. The van der Waals surface area contributed by atoms with Crippen molar-refractivity contribution in [2.75, 3.05) is 6.54 Å². The number of aliphatic carboxylic acids is 1. The van der Waals surface area contributed by atoms with Gasteiger partial charge in [-0.15, -0.1) is 0 Å². The Morgan fingerprint density at radius 3 is 2.67 bits per heavy atom. The molecule has 1 fully saturated rings. The predicted octanol–water partition coefficient (Wildman–Crippen LogP) is 0.182. The lowest BCUT2D eigenvalue weighted by Crippen LogP contribution is -2.39. The van der Waals surface area contributed by atoms with Crippen LogP contribution in [-0.2, 0) is 14.4 Å². The van der Waals surface area contributed by atoms with E-state index >= 15 is 0 Å². The van der Waals surface area contributed by atoms with Crippen LogP contribution in [0.5, 0.6) is 0 Å². The molecule has 2 N–H and O–H groups in total. The SMILES string of the molecule is CC(O)C(=O)CCCCN1C(=O)CC[C@H]1C(=O)O. The summed E-state index contributed by atoms with van der Waals surface area (Å²) in [5.41, 5.74) is 0. The molecule has 1 rings (SSSR count). The monoisotopic (exact) mass is 257 g/mol. The van der Waals surface area contributed by atoms with Crippen molar-refractivity contribution in [1.82, 2.24) is 4.90 Å². The number of hydrogen-bond donors (Lipinski definition) is 2. The maximum Gasteiger partial charge on any atom is 0.326 e. The minimum Gasteiger partial charge on any atom is -0.480 e. The van der Waals surface area contributed by atoms with Gasteiger partial charge in [-0.3, -0.25) is 9.59 Å². The number of rotatable bonds is 7. The number of carbonyl (C=O) groups is 3. The highest BCUT2D eigenvalue weighted by atomic mass is 16.4. The van der Waals surface area contributed by atoms with Crippen LogP contribution in [0.4, 0.5) is 0 Å². The number of aliphatic hydroxyl groups excluding tert-OH is 1. The number of likely N-dealkylation sites (tertiary alicyclic amines) is 1. The van der Waals surface area contributed by atoms with Crippen molar-refractivity contribution in [3.8, 4) is 0 Å². The van der Waals surface area contributed by atoms with E-state index in [0.29, 0.717) is 25.8 Å². The molecule has 18 heavy (non-hydrogen) atoms. The van der Waals surface area contributed by atoms with Crippen molar-refractivity contribution < 1.29 is 24.6 Å². The number of nitrogens with zero attached hydrogens (tertiary/aromatic N) is 1. The van der Waals surface area contributed by atoms with Gasteiger partial charge in [0.25, 0.3) is 0 Å². The summed E-state index contributed by atoms with van der Waals surface area (Å²) < 4.78 is 0. The van der Waals surface area contributed by atoms with Crippen LogP contribution in [0.1, 0.15) is 39.0 Å². The zero-order valence-electron chi connectivity index (χ0n) is 10.5. The molecule has 0 spiro atoms. The Bertz CT molecular complexity index is 339. The second-order valence-corrected chi connectivity index (χ2v) is 4.58. The first-order valence-corrected chi connectivity index (χ1v) is 6.16. The van der Waals surface area contributed by atoms with Gasteiger partial charge in [0.15, 0.2) is 5.78 Å². The highest BCUT2D eigenvalue weighted by Gasteiger charge is 2.35. The maximum atomic E-state index is 11.5. The largest absolute Gasteiger partial charge is 0.480 e. The van der Waals surface area contributed by atoms with Crippen LogP contribution in [0.15, 0.2) is 0 Å². The van der Waals surface area contributed by atoms with Crippen molar-refractivity contribution >= 4 is 17.7 Å². The zero-order chi connectivity index (χ0) is 13.7. The van der Waals surface area contributed by atoms with E-state index in [1.807, 2.05) is 0 Å². The second kappa shape index (κ2) is 6.49. The van der Waals surface area contributed by atoms with Gasteiger partial charge in [-0.25, -0.2) is 4.79 Å². The number of carboxylic acids is 1. The molecule has 6 heteroatoms. The van der Waals surface area contributed by atoms with Crippen LogP contribution >= 0.6 is 0 Å². The second-order valence-electron chi connectivity index (χ2n) is 4.58. The van der Waals surface area contributed by atoms with E-state index in [9.17, 15) is 14.4 Å². The van der Waals surface area contributed by atoms with Crippen LogP contribution in [-0.4, -0.2) is 51.5 Å². The van der Waals surface area contributed by atoms with Gasteiger partial charge < -0.3 is 15.1 Å². The molecule has 1 unspecified atom stereocenters. The number of aliphatic hydroxyl groups is 1. The maximum absolute atomic E-state index is 11.5. The van der Waals surface area contributed by atoms with Crippen molar-refractivity contribution in [1.29, 1.82) is 0 Å². The van der Waals surface area contributed by atoms with E-state index in [2.05, 4.69) is 0 Å². The molecular weight excluding hydrogens is 238 g/mol. The standard InChI is InChI=1S/C12H19NO5/c1-8(14)10(15)4-2-3-7-13-9(12(17)18)5-6-11(13)16/h8-9,14H,2-7H2,1H3,(H,17,18)/t8?,9-/m0/s1. The molecule has 1 aliphatic heterocycles. The number of amides is 1. The van der Waals surface area contributed by atoms with Crippen LogP contribution in [0.2, 0.25) is 0 Å². The number of hydrogen-bond acceptors (Lipinski definition) is 4. The van der Waals surface area contributed by atoms with Crippen LogP contribution in [0, 0.1) is 0 Å². The highest BCUT2D eigenvalue weighted by Crippen LogP contribution is 2.19. The molecule has 0 radical (unpaired) electrons. The summed E-state index contributed by atoms with van der Waals surface area (Å²) in [5, 5.41) is 17.9. The van der Waals surface area contributed by atoms with Gasteiger partial charge in [-0.1, -0.05) is 0 Å². The number of unbranched alkanes of at least 4 members (excludes halogenated alkanes) is 1. The third kappa shape index (κ3) is 3.80. The van der Waals surface area contributed by atoms with Gasteiger partial charge in [-0.05, 0) is 26.2 Å². The zero-order valence-corrected chi connectivity index (χ0v) is 10.5. The summed E-state index contributed by atoms with van der Waals surface area (Å²) in [5.74, 6) is -1.33. The lowest BCUT2D eigenvalue weighted by molar-refractivity contribution is -0.146. The van der Waals surface area contributed by atoms with Gasteiger partial charge >= 0.3 is 5.97 Å². The first-order chi connectivity index (χ1) is 8.43. The fraction of sp³-hybridized carbons (Fsp3) is 0.750. The van der Waals surface area contributed by atoms with E-state index < -0.39 is 18.1 Å². The van der Waals surface area contributed by atoms with Gasteiger partial charge in [0.05, 0.1) is 0 Å². The van der Waals surface area contributed by atoms with E-state index in [4.69, 9.17) is 10.2 Å². The number of ketones is 1. The molecule has 0 aliphatic carbocycles. The van der Waals surface area contributed by atoms with E-state index in [0.717, 1.165) is 0 Å². The predicted molar refractivity (Wildman–Crippen MR) is 62.9 cm³/mol. The van der Waals surface area contributed by atoms with Crippen LogP contribution in [0.25, 0.3) is 0 Å². The third-order valence-electron chi connectivity index (χ3n) is 3.15. The van der Waals surface area contributed by atoms with E-state index in [-0.39, 0.29) is 24.5 Å². The highest BCUT2D eigenvalue weighted by molar-refractivity contribution is 5.87. The van der Waals surface area contributed by atoms with E-state index in [1.165, 1.54) is 11.8 Å². The lowest BCUT2D eigenvalue weighted by Gasteiger charge is -2.21. The average Bonchev–Trinajstić information content (AvgIpc) is 2.66. The molecule has 1 amide bonds. The van der Waals surface area contributed by atoms with Gasteiger partial charge in [0, 0.05) is 19.4 Å². The summed E-state index contributed by atoms with van der Waals surface area (Å²) >= 11 is 0. The quantitative estimate of drug-likeness (QED) is 0.634. The minimum atomic E-state index is -0.971. The molecule has 2 atom stereocenters. The van der Waals surface area contributed by atoms with Crippen LogP contribution < -0.4 is 0 Å². The summed E-state index contributed by atoms with van der Waals surface area (Å²) in [6.45, 7) is 1.79. The molecule has 0 aromatic carbocycles. The molecule has 0 aromatic heterocycles. The number of carbonyl (C=O) groups excluding carboxylic acids is 2. The smallest absolute Gasteiger partial charge is 0.326 e. The van der Waals surface area contributed by atoms with Crippen molar-refractivity contribution in [3.63, 3.8) is 0 Å².